The van der Waals surface area contributed by atoms with E-state index in [4.69, 9.17) is 4.42 Å². The number of fused-ring (bicyclic) bond motifs is 1. The minimum Gasteiger partial charge on any atom is -0.444 e. The Balaban J connectivity index is 1.18. The third-order valence-electron chi connectivity index (χ3n) is 5.45. The molecule has 0 unspecified atom stereocenters. The summed E-state index contributed by atoms with van der Waals surface area (Å²) in [6.45, 7) is 1.84. The van der Waals surface area contributed by atoms with Crippen molar-refractivity contribution >= 4 is 28.4 Å². The van der Waals surface area contributed by atoms with E-state index >= 15 is 0 Å². The number of hydrogen-bond donors (Lipinski definition) is 3. The summed E-state index contributed by atoms with van der Waals surface area (Å²) >= 11 is 0. The Labute approximate surface area is 178 Å². The van der Waals surface area contributed by atoms with E-state index in [1.807, 2.05) is 36.5 Å². The summed E-state index contributed by atoms with van der Waals surface area (Å²) in [5, 5.41) is 7.34. The van der Waals surface area contributed by atoms with Crippen molar-refractivity contribution in [2.45, 2.75) is 18.9 Å². The van der Waals surface area contributed by atoms with E-state index in [1.54, 1.807) is 12.5 Å². The number of carbonyl (C=O) groups excluding carboxylic acids is 1. The van der Waals surface area contributed by atoms with E-state index in [0.29, 0.717) is 5.76 Å². The molecule has 1 aliphatic heterocycles. The number of H-pyrrole nitrogens is 1. The predicted octanol–water partition coefficient (Wildman–Crippen LogP) is 2.81. The number of carbonyl (C=O) groups is 1. The molecule has 31 heavy (non-hydrogen) atoms. The molecule has 9 heteroatoms. The molecule has 0 bridgehead atoms. The molecule has 3 aromatic heterocycles. The normalized spacial score (nSPS) is 16.4. The molecule has 0 saturated carbocycles. The maximum absolute atomic E-state index is 12.6. The smallest absolute Gasteiger partial charge is 0.239 e. The van der Waals surface area contributed by atoms with Gasteiger partial charge in [-0.25, -0.2) is 15.0 Å². The van der Waals surface area contributed by atoms with Crippen LogP contribution in [-0.2, 0) is 4.79 Å². The van der Waals surface area contributed by atoms with Crippen LogP contribution >= 0.6 is 0 Å². The Hall–Kier alpha value is -3.88. The fourth-order valence-electron chi connectivity index (χ4n) is 4.00. The number of amides is 1. The van der Waals surface area contributed by atoms with Crippen molar-refractivity contribution < 1.29 is 9.21 Å². The average Bonchev–Trinajstić information content (AvgIpc) is 3.50. The number of rotatable bonds is 6. The van der Waals surface area contributed by atoms with Crippen LogP contribution < -0.4 is 15.5 Å². The second-order valence-corrected chi connectivity index (χ2v) is 7.59. The predicted molar refractivity (Wildman–Crippen MR) is 118 cm³/mol. The first-order valence-electron chi connectivity index (χ1n) is 10.3. The van der Waals surface area contributed by atoms with Gasteiger partial charge in [-0.1, -0.05) is 12.1 Å². The topological polar surface area (TPSA) is 112 Å². The molecule has 1 aliphatic rings. The highest BCUT2D eigenvalue weighted by Crippen LogP contribution is 2.25. The SMILES string of the molecule is O=C(CNc1cccc(-c2cnco2)c1)N[C@@H]1CCCN(c2ncnc3[nH]ccc23)C1. The lowest BCUT2D eigenvalue weighted by Gasteiger charge is -2.34. The summed E-state index contributed by atoms with van der Waals surface area (Å²) < 4.78 is 5.33. The molecule has 9 nitrogen and oxygen atoms in total. The fourth-order valence-corrected chi connectivity index (χ4v) is 4.00. The minimum atomic E-state index is -0.0357. The Kier molecular flexibility index (Phi) is 5.22. The number of anilines is 2. The molecule has 0 aliphatic carbocycles. The summed E-state index contributed by atoms with van der Waals surface area (Å²) in [6, 6.07) is 9.79. The van der Waals surface area contributed by atoms with Gasteiger partial charge in [0.15, 0.2) is 12.2 Å². The third kappa shape index (κ3) is 4.20. The molecule has 4 heterocycles. The maximum Gasteiger partial charge on any atom is 0.239 e. The van der Waals surface area contributed by atoms with Crippen molar-refractivity contribution in [1.29, 1.82) is 0 Å². The first-order valence-corrected chi connectivity index (χ1v) is 10.3. The van der Waals surface area contributed by atoms with Crippen molar-refractivity contribution in [2.24, 2.45) is 0 Å². The zero-order chi connectivity index (χ0) is 21.0. The summed E-state index contributed by atoms with van der Waals surface area (Å²) in [5.41, 5.74) is 2.59. The molecule has 1 amide bonds. The van der Waals surface area contributed by atoms with Gasteiger partial charge in [-0.05, 0) is 31.0 Å². The second kappa shape index (κ2) is 8.47. The molecule has 4 aromatic rings. The van der Waals surface area contributed by atoms with Gasteiger partial charge < -0.3 is 24.9 Å². The number of nitrogens with one attached hydrogen (secondary N) is 3. The van der Waals surface area contributed by atoms with Crippen molar-refractivity contribution in [3.8, 4) is 11.3 Å². The van der Waals surface area contributed by atoms with Gasteiger partial charge in [0.25, 0.3) is 0 Å². The lowest BCUT2D eigenvalue weighted by atomic mass is 10.1. The molecule has 158 valence electrons. The molecular weight excluding hydrogens is 394 g/mol. The zero-order valence-corrected chi connectivity index (χ0v) is 16.9. The maximum atomic E-state index is 12.6. The van der Waals surface area contributed by atoms with Crippen LogP contribution in [-0.4, -0.2) is 51.5 Å². The molecule has 1 aromatic carbocycles. The van der Waals surface area contributed by atoms with Gasteiger partial charge in [0, 0.05) is 36.6 Å². The molecule has 0 radical (unpaired) electrons. The molecule has 5 rings (SSSR count). The van der Waals surface area contributed by atoms with Gasteiger partial charge in [-0.2, -0.15) is 0 Å². The van der Waals surface area contributed by atoms with Crippen LogP contribution in [0, 0.1) is 0 Å². The quantitative estimate of drug-likeness (QED) is 0.442. The van der Waals surface area contributed by atoms with Crippen molar-refractivity contribution in [3.05, 3.63) is 55.4 Å². The highest BCUT2D eigenvalue weighted by Gasteiger charge is 2.23. The first kappa shape index (κ1) is 19.1. The largest absolute Gasteiger partial charge is 0.444 e. The van der Waals surface area contributed by atoms with Crippen molar-refractivity contribution in [1.82, 2.24) is 25.3 Å². The number of aromatic nitrogens is 4. The minimum absolute atomic E-state index is 0.0357. The van der Waals surface area contributed by atoms with Crippen molar-refractivity contribution in [3.63, 3.8) is 0 Å². The standard InChI is InChI=1S/C22H23N7O2/c30-20(11-25-16-4-1-3-15(9-16)19-10-23-14-31-19)28-17-5-2-8-29(12-17)22-18-6-7-24-21(18)26-13-27-22/h1,3-4,6-7,9-10,13-14,17,25H,2,5,8,11-12H2,(H,28,30)(H,24,26,27)/t17-/m1/s1. The van der Waals surface area contributed by atoms with E-state index in [2.05, 4.69) is 35.5 Å². The van der Waals surface area contributed by atoms with E-state index in [1.165, 1.54) is 6.39 Å². The van der Waals surface area contributed by atoms with Gasteiger partial charge in [0.05, 0.1) is 18.1 Å². The Morgan fingerprint density at radius 1 is 1.29 bits per heavy atom. The fraction of sp³-hybridized carbons (Fsp3) is 0.273. The number of aromatic amines is 1. The molecule has 3 N–H and O–H groups in total. The number of benzene rings is 1. The Bertz CT molecular complexity index is 1170. The van der Waals surface area contributed by atoms with E-state index < -0.39 is 0 Å². The van der Waals surface area contributed by atoms with Crippen LogP contribution in [0.1, 0.15) is 12.8 Å². The Morgan fingerprint density at radius 3 is 3.16 bits per heavy atom. The summed E-state index contributed by atoms with van der Waals surface area (Å²) in [6.07, 6.45) is 8.46. The van der Waals surface area contributed by atoms with Gasteiger partial charge >= 0.3 is 0 Å². The highest BCUT2D eigenvalue weighted by molar-refractivity contribution is 5.87. The van der Waals surface area contributed by atoms with Crippen LogP contribution in [0.15, 0.2) is 59.9 Å². The van der Waals surface area contributed by atoms with Crippen LogP contribution in [0.25, 0.3) is 22.4 Å². The molecular formula is C22H23N7O2. The first-order chi connectivity index (χ1) is 15.3. The van der Waals surface area contributed by atoms with Crippen LogP contribution in [0.2, 0.25) is 0 Å². The molecule has 1 saturated heterocycles. The van der Waals surface area contributed by atoms with Crippen molar-refractivity contribution in [2.75, 3.05) is 29.9 Å². The molecule has 1 atom stereocenters. The highest BCUT2D eigenvalue weighted by atomic mass is 16.3. The van der Waals surface area contributed by atoms with Crippen LogP contribution in [0.5, 0.6) is 0 Å². The monoisotopic (exact) mass is 417 g/mol. The summed E-state index contributed by atoms with van der Waals surface area (Å²) in [7, 11) is 0. The Morgan fingerprint density at radius 2 is 2.26 bits per heavy atom. The second-order valence-electron chi connectivity index (χ2n) is 7.59. The van der Waals surface area contributed by atoms with E-state index in [-0.39, 0.29) is 18.5 Å². The number of nitrogens with zero attached hydrogens (tertiary/aromatic N) is 4. The lowest BCUT2D eigenvalue weighted by molar-refractivity contribution is -0.120. The van der Waals surface area contributed by atoms with E-state index in [9.17, 15) is 4.79 Å². The number of hydrogen-bond acceptors (Lipinski definition) is 7. The molecule has 1 fully saturated rings. The number of piperidine rings is 1. The van der Waals surface area contributed by atoms with Crippen LogP contribution in [0.3, 0.4) is 0 Å². The number of oxazole rings is 1. The van der Waals surface area contributed by atoms with Crippen LogP contribution in [0.4, 0.5) is 11.5 Å². The third-order valence-corrected chi connectivity index (χ3v) is 5.45. The lowest BCUT2D eigenvalue weighted by Crippen LogP contribution is -2.49. The zero-order valence-electron chi connectivity index (χ0n) is 16.9. The van der Waals surface area contributed by atoms with Gasteiger partial charge in [0.1, 0.15) is 17.8 Å². The van der Waals surface area contributed by atoms with Gasteiger partial charge in [-0.3, -0.25) is 4.79 Å². The average molecular weight is 417 g/mol. The summed E-state index contributed by atoms with van der Waals surface area (Å²) in [4.78, 5) is 30.6. The summed E-state index contributed by atoms with van der Waals surface area (Å²) in [5.74, 6) is 1.57. The molecule has 0 spiro atoms. The van der Waals surface area contributed by atoms with Gasteiger partial charge in [0.2, 0.25) is 5.91 Å². The van der Waals surface area contributed by atoms with Gasteiger partial charge in [-0.15, -0.1) is 0 Å². The van der Waals surface area contributed by atoms with E-state index in [0.717, 1.165) is 54.0 Å².